The third kappa shape index (κ3) is 6.04. The molecule has 0 aliphatic carbocycles. The van der Waals surface area contributed by atoms with Gasteiger partial charge in [-0.05, 0) is 43.8 Å². The van der Waals surface area contributed by atoms with E-state index in [0.717, 1.165) is 39.0 Å². The number of hydrogen-bond acceptors (Lipinski definition) is 4. The Labute approximate surface area is 168 Å². The summed E-state index contributed by atoms with van der Waals surface area (Å²) in [5.74, 6) is 0.687. The number of rotatable bonds is 8. The van der Waals surface area contributed by atoms with Crippen LogP contribution in [0.2, 0.25) is 0 Å². The van der Waals surface area contributed by atoms with Gasteiger partial charge in [-0.15, -0.1) is 0 Å². The summed E-state index contributed by atoms with van der Waals surface area (Å²) in [7, 11) is 1.63. The molecule has 2 saturated heterocycles. The number of piperidine rings is 2. The van der Waals surface area contributed by atoms with Crippen LogP contribution in [0.25, 0.3) is 0 Å². The summed E-state index contributed by atoms with van der Waals surface area (Å²) in [6.07, 6.45) is 3.36. The minimum absolute atomic E-state index is 0.0901. The molecule has 0 aromatic heterocycles. The van der Waals surface area contributed by atoms with Crippen molar-refractivity contribution < 1.29 is 14.3 Å². The highest BCUT2D eigenvalue weighted by Crippen LogP contribution is 2.20. The Hall–Kier alpha value is -1.92. The number of carbonyl (C=O) groups excluding carboxylic acids is 2. The van der Waals surface area contributed by atoms with Gasteiger partial charge in [-0.2, -0.15) is 0 Å². The van der Waals surface area contributed by atoms with Gasteiger partial charge >= 0.3 is 0 Å². The van der Waals surface area contributed by atoms with Crippen molar-refractivity contribution in [2.45, 2.75) is 32.2 Å². The Morgan fingerprint density at radius 3 is 2.64 bits per heavy atom. The van der Waals surface area contributed by atoms with Gasteiger partial charge in [0.05, 0.1) is 12.5 Å². The zero-order valence-corrected chi connectivity index (χ0v) is 16.9. The number of carbonyl (C=O) groups is 2. The molecule has 1 aromatic carbocycles. The molecule has 2 aliphatic rings. The highest BCUT2D eigenvalue weighted by atomic mass is 16.5. The van der Waals surface area contributed by atoms with E-state index in [1.54, 1.807) is 12.0 Å². The van der Waals surface area contributed by atoms with Gasteiger partial charge in [0.2, 0.25) is 11.8 Å². The van der Waals surface area contributed by atoms with E-state index in [1.807, 2.05) is 0 Å². The van der Waals surface area contributed by atoms with Crippen molar-refractivity contribution >= 4 is 11.8 Å². The van der Waals surface area contributed by atoms with Gasteiger partial charge in [-0.25, -0.2) is 0 Å². The molecule has 1 atom stereocenters. The van der Waals surface area contributed by atoms with Gasteiger partial charge in [-0.1, -0.05) is 30.3 Å². The second-order valence-corrected chi connectivity index (χ2v) is 8.02. The SMILES string of the molecule is COCCN1CC(C(=O)NCC2CCN(Cc3ccccc3)CC2)CCC1=O. The summed E-state index contributed by atoms with van der Waals surface area (Å²) in [5.41, 5.74) is 1.36. The summed E-state index contributed by atoms with van der Waals surface area (Å²) in [4.78, 5) is 28.8. The molecule has 0 bridgehead atoms. The molecular formula is C22H33N3O3. The summed E-state index contributed by atoms with van der Waals surface area (Å²) >= 11 is 0. The Morgan fingerprint density at radius 1 is 1.18 bits per heavy atom. The zero-order valence-electron chi connectivity index (χ0n) is 16.9. The number of ether oxygens (including phenoxy) is 1. The zero-order chi connectivity index (χ0) is 19.8. The Kier molecular flexibility index (Phi) is 7.86. The number of nitrogens with zero attached hydrogens (tertiary/aromatic N) is 2. The van der Waals surface area contributed by atoms with Crippen molar-refractivity contribution in [3.8, 4) is 0 Å². The topological polar surface area (TPSA) is 61.9 Å². The van der Waals surface area contributed by atoms with Gasteiger partial charge in [-0.3, -0.25) is 14.5 Å². The van der Waals surface area contributed by atoms with Crippen LogP contribution in [0.5, 0.6) is 0 Å². The van der Waals surface area contributed by atoms with E-state index < -0.39 is 0 Å². The second kappa shape index (κ2) is 10.6. The van der Waals surface area contributed by atoms with Crippen LogP contribution in [0.4, 0.5) is 0 Å². The van der Waals surface area contributed by atoms with Gasteiger partial charge < -0.3 is 15.0 Å². The standard InChI is InChI=1S/C22H33N3O3/c1-28-14-13-25-17-20(7-8-21(25)26)22(27)23-15-18-9-11-24(12-10-18)16-19-5-3-2-4-6-19/h2-6,18,20H,7-17H2,1H3,(H,23,27). The van der Waals surface area contributed by atoms with E-state index in [0.29, 0.717) is 38.5 Å². The molecule has 28 heavy (non-hydrogen) atoms. The maximum Gasteiger partial charge on any atom is 0.224 e. The number of nitrogens with one attached hydrogen (secondary N) is 1. The van der Waals surface area contributed by atoms with Crippen molar-refractivity contribution in [2.75, 3.05) is 46.4 Å². The third-order valence-electron chi connectivity index (χ3n) is 5.96. The predicted octanol–water partition coefficient (Wildman–Crippen LogP) is 1.90. The molecule has 2 fully saturated rings. The van der Waals surface area contributed by atoms with Gasteiger partial charge in [0.25, 0.3) is 0 Å². The van der Waals surface area contributed by atoms with E-state index in [9.17, 15) is 9.59 Å². The Bertz CT molecular complexity index is 629. The lowest BCUT2D eigenvalue weighted by Gasteiger charge is -2.34. The number of benzene rings is 1. The fraction of sp³-hybridized carbons (Fsp3) is 0.636. The predicted molar refractivity (Wildman–Crippen MR) is 109 cm³/mol. The normalized spacial score (nSPS) is 21.7. The largest absolute Gasteiger partial charge is 0.383 e. The van der Waals surface area contributed by atoms with Crippen molar-refractivity contribution in [1.82, 2.24) is 15.1 Å². The van der Waals surface area contributed by atoms with E-state index >= 15 is 0 Å². The molecule has 2 amide bonds. The van der Waals surface area contributed by atoms with Crippen molar-refractivity contribution in [1.29, 1.82) is 0 Å². The van der Waals surface area contributed by atoms with Gasteiger partial charge in [0.15, 0.2) is 0 Å². The first kappa shape index (κ1) is 20.8. The quantitative estimate of drug-likeness (QED) is 0.740. The molecule has 6 nitrogen and oxygen atoms in total. The molecule has 0 radical (unpaired) electrons. The molecule has 0 spiro atoms. The maximum absolute atomic E-state index is 12.6. The van der Waals surface area contributed by atoms with Crippen molar-refractivity contribution in [3.63, 3.8) is 0 Å². The second-order valence-electron chi connectivity index (χ2n) is 8.02. The van der Waals surface area contributed by atoms with Crippen molar-refractivity contribution in [3.05, 3.63) is 35.9 Å². The van der Waals surface area contributed by atoms with Crippen LogP contribution in [0.3, 0.4) is 0 Å². The summed E-state index contributed by atoms with van der Waals surface area (Å²) in [5, 5.41) is 3.15. The van der Waals surface area contributed by atoms with Crippen LogP contribution in [-0.4, -0.2) is 68.1 Å². The van der Waals surface area contributed by atoms with Crippen molar-refractivity contribution in [2.24, 2.45) is 11.8 Å². The molecule has 1 N–H and O–H groups in total. The molecule has 2 heterocycles. The lowest BCUT2D eigenvalue weighted by atomic mass is 9.94. The van der Waals surface area contributed by atoms with Crippen LogP contribution < -0.4 is 5.32 Å². The molecule has 3 rings (SSSR count). The number of methoxy groups -OCH3 is 1. The van der Waals surface area contributed by atoms with Crippen LogP contribution in [0.15, 0.2) is 30.3 Å². The van der Waals surface area contributed by atoms with Crippen LogP contribution in [0.1, 0.15) is 31.2 Å². The summed E-state index contributed by atoms with van der Waals surface area (Å²) < 4.78 is 5.06. The molecule has 1 aromatic rings. The average Bonchev–Trinajstić information content (AvgIpc) is 2.73. The monoisotopic (exact) mass is 387 g/mol. The fourth-order valence-corrected chi connectivity index (χ4v) is 4.13. The van der Waals surface area contributed by atoms with E-state index in [1.165, 1.54) is 5.56 Å². The fourth-order valence-electron chi connectivity index (χ4n) is 4.13. The summed E-state index contributed by atoms with van der Waals surface area (Å²) in [6, 6.07) is 10.6. The van der Waals surface area contributed by atoms with Gasteiger partial charge in [0.1, 0.15) is 0 Å². The average molecular weight is 388 g/mol. The molecular weight excluding hydrogens is 354 g/mol. The highest BCUT2D eigenvalue weighted by molar-refractivity contribution is 5.83. The smallest absolute Gasteiger partial charge is 0.224 e. The number of amides is 2. The first-order chi connectivity index (χ1) is 13.7. The van der Waals surface area contributed by atoms with E-state index in [2.05, 4.69) is 40.5 Å². The Morgan fingerprint density at radius 2 is 1.93 bits per heavy atom. The lowest BCUT2D eigenvalue weighted by molar-refractivity contribution is -0.139. The third-order valence-corrected chi connectivity index (χ3v) is 5.96. The molecule has 6 heteroatoms. The van der Waals surface area contributed by atoms with Crippen LogP contribution >= 0.6 is 0 Å². The van der Waals surface area contributed by atoms with Crippen LogP contribution in [0, 0.1) is 11.8 Å². The highest BCUT2D eigenvalue weighted by Gasteiger charge is 2.30. The lowest BCUT2D eigenvalue weighted by Crippen LogP contribution is -2.47. The molecule has 0 saturated carbocycles. The molecule has 154 valence electrons. The van der Waals surface area contributed by atoms with E-state index in [4.69, 9.17) is 4.74 Å². The first-order valence-corrected chi connectivity index (χ1v) is 10.5. The first-order valence-electron chi connectivity index (χ1n) is 10.5. The minimum atomic E-state index is -0.0901. The van der Waals surface area contributed by atoms with Gasteiger partial charge in [0, 0.05) is 39.7 Å². The molecule has 2 aliphatic heterocycles. The summed E-state index contributed by atoms with van der Waals surface area (Å²) in [6.45, 7) is 5.52. The minimum Gasteiger partial charge on any atom is -0.383 e. The Balaban J connectivity index is 1.36. The van der Waals surface area contributed by atoms with Crippen LogP contribution in [-0.2, 0) is 20.9 Å². The number of hydrogen-bond donors (Lipinski definition) is 1. The maximum atomic E-state index is 12.6. The molecule has 1 unspecified atom stereocenters. The van der Waals surface area contributed by atoms with E-state index in [-0.39, 0.29) is 17.7 Å². The number of likely N-dealkylation sites (tertiary alicyclic amines) is 2.